The zero-order valence-electron chi connectivity index (χ0n) is 8.90. The maximum Gasteiger partial charge on any atom is 0.212 e. The third-order valence-corrected chi connectivity index (χ3v) is 4.21. The quantitative estimate of drug-likeness (QED) is 0.539. The Bertz CT molecular complexity index is 276. The van der Waals surface area contributed by atoms with Crippen LogP contribution < -0.4 is 4.72 Å². The molecule has 0 amide bonds. The third-order valence-electron chi connectivity index (χ3n) is 1.87. The molecule has 92 valence electrons. The van der Waals surface area contributed by atoms with Gasteiger partial charge in [-0.2, -0.15) is 0 Å². The molecule has 0 aromatic rings. The van der Waals surface area contributed by atoms with Crippen molar-refractivity contribution in [1.82, 2.24) is 4.72 Å². The van der Waals surface area contributed by atoms with Crippen molar-refractivity contribution in [1.29, 1.82) is 0 Å². The largest absolute Gasteiger partial charge is 0.394 e. The lowest BCUT2D eigenvalue weighted by Crippen LogP contribution is -2.52. The van der Waals surface area contributed by atoms with E-state index in [9.17, 15) is 8.42 Å². The van der Waals surface area contributed by atoms with Gasteiger partial charge in [0, 0.05) is 5.88 Å². The van der Waals surface area contributed by atoms with E-state index in [1.807, 2.05) is 0 Å². The second-order valence-corrected chi connectivity index (χ2v) is 6.10. The molecule has 1 unspecified atom stereocenters. The van der Waals surface area contributed by atoms with Crippen molar-refractivity contribution in [2.24, 2.45) is 5.92 Å². The molecule has 0 spiro atoms. The Morgan fingerprint density at radius 1 is 1.40 bits per heavy atom. The van der Waals surface area contributed by atoms with Gasteiger partial charge in [-0.15, -0.1) is 11.6 Å². The Kier molecular flexibility index (Phi) is 6.05. The number of aliphatic hydroxyl groups excluding tert-OH is 2. The number of aliphatic hydroxyl groups is 2. The topological polar surface area (TPSA) is 86.6 Å². The molecule has 0 fully saturated rings. The lowest BCUT2D eigenvalue weighted by Gasteiger charge is -2.26. The summed E-state index contributed by atoms with van der Waals surface area (Å²) in [7, 11) is -3.53. The van der Waals surface area contributed by atoms with Gasteiger partial charge in [0.1, 0.15) is 0 Å². The van der Waals surface area contributed by atoms with Gasteiger partial charge in [0.05, 0.1) is 24.5 Å². The molecule has 5 nitrogen and oxygen atoms in total. The summed E-state index contributed by atoms with van der Waals surface area (Å²) in [5, 5.41) is 17.9. The van der Waals surface area contributed by atoms with Crippen molar-refractivity contribution < 1.29 is 18.6 Å². The Hall–Kier alpha value is 0.120. The highest BCUT2D eigenvalue weighted by Gasteiger charge is 2.29. The highest BCUT2D eigenvalue weighted by molar-refractivity contribution is 7.89. The van der Waals surface area contributed by atoms with E-state index in [-0.39, 0.29) is 17.6 Å². The second-order valence-electron chi connectivity index (χ2n) is 4.02. The van der Waals surface area contributed by atoms with Gasteiger partial charge in [0.25, 0.3) is 0 Å². The van der Waals surface area contributed by atoms with E-state index >= 15 is 0 Å². The summed E-state index contributed by atoms with van der Waals surface area (Å²) in [5.74, 6) is -0.0482. The molecule has 0 aliphatic carbocycles. The smallest absolute Gasteiger partial charge is 0.212 e. The fraction of sp³-hybridized carbons (Fsp3) is 1.00. The normalized spacial score (nSPS) is 15.3. The molecule has 0 rings (SSSR count). The predicted molar refractivity (Wildman–Crippen MR) is 59.4 cm³/mol. The molecular weight excluding hydrogens is 242 g/mol. The third kappa shape index (κ3) is 5.67. The van der Waals surface area contributed by atoms with Gasteiger partial charge in [0.2, 0.25) is 10.0 Å². The van der Waals surface area contributed by atoms with Crippen LogP contribution in [0.1, 0.15) is 13.8 Å². The fourth-order valence-electron chi connectivity index (χ4n) is 0.951. The molecule has 0 bridgehead atoms. The summed E-state index contributed by atoms with van der Waals surface area (Å²) in [6.07, 6.45) is 0. The van der Waals surface area contributed by atoms with Crippen LogP contribution in [-0.4, -0.2) is 49.0 Å². The van der Waals surface area contributed by atoms with E-state index in [0.29, 0.717) is 0 Å². The maximum atomic E-state index is 11.5. The molecule has 0 aromatic carbocycles. The van der Waals surface area contributed by atoms with Gasteiger partial charge in [-0.25, -0.2) is 13.1 Å². The van der Waals surface area contributed by atoms with Gasteiger partial charge in [-0.3, -0.25) is 0 Å². The molecule has 0 saturated carbocycles. The van der Waals surface area contributed by atoms with Crippen LogP contribution in [0.25, 0.3) is 0 Å². The molecule has 3 N–H and O–H groups in total. The summed E-state index contributed by atoms with van der Waals surface area (Å²) in [4.78, 5) is 0. The number of hydrogen-bond donors (Lipinski definition) is 3. The van der Waals surface area contributed by atoms with Crippen LogP contribution in [0.4, 0.5) is 0 Å². The first-order valence-corrected chi connectivity index (χ1v) is 6.76. The average molecular weight is 260 g/mol. The Balaban J connectivity index is 4.50. The summed E-state index contributed by atoms with van der Waals surface area (Å²) in [6, 6.07) is 0. The summed E-state index contributed by atoms with van der Waals surface area (Å²) >= 11 is 5.51. The van der Waals surface area contributed by atoms with E-state index in [1.165, 1.54) is 6.92 Å². The van der Waals surface area contributed by atoms with Crippen molar-refractivity contribution in [3.63, 3.8) is 0 Å². The van der Waals surface area contributed by atoms with E-state index in [4.69, 9.17) is 21.8 Å². The van der Waals surface area contributed by atoms with E-state index < -0.39 is 28.8 Å². The van der Waals surface area contributed by atoms with Crippen molar-refractivity contribution in [3.8, 4) is 0 Å². The molecule has 15 heavy (non-hydrogen) atoms. The van der Waals surface area contributed by atoms with Crippen molar-refractivity contribution in [2.75, 3.05) is 24.8 Å². The number of rotatable bonds is 7. The Morgan fingerprint density at radius 3 is 2.20 bits per heavy atom. The molecule has 0 heterocycles. The molecule has 7 heteroatoms. The van der Waals surface area contributed by atoms with Crippen LogP contribution in [-0.2, 0) is 10.0 Å². The average Bonchev–Trinajstić information content (AvgIpc) is 2.16. The fourth-order valence-corrected chi connectivity index (χ4v) is 3.02. The lowest BCUT2D eigenvalue weighted by molar-refractivity contribution is 0.121. The number of alkyl halides is 1. The van der Waals surface area contributed by atoms with Crippen LogP contribution in [0.3, 0.4) is 0 Å². The van der Waals surface area contributed by atoms with E-state index in [1.54, 1.807) is 6.92 Å². The zero-order valence-corrected chi connectivity index (χ0v) is 10.5. The summed E-state index contributed by atoms with van der Waals surface area (Å²) in [6.45, 7) is 2.22. The first-order chi connectivity index (χ1) is 6.78. The first-order valence-electron chi connectivity index (χ1n) is 4.58. The van der Waals surface area contributed by atoms with Crippen molar-refractivity contribution in [3.05, 3.63) is 0 Å². The number of nitrogens with one attached hydrogen (secondary N) is 1. The Labute approximate surface area is 95.5 Å². The van der Waals surface area contributed by atoms with Crippen LogP contribution >= 0.6 is 11.6 Å². The van der Waals surface area contributed by atoms with Crippen LogP contribution in [0.2, 0.25) is 0 Å². The van der Waals surface area contributed by atoms with Crippen LogP contribution in [0.15, 0.2) is 0 Å². The standard InChI is InChI=1S/C8H18ClNO4S/c1-7(3-9)4-15(13,14)10-8(2,5-11)6-12/h7,10-12H,3-6H2,1-2H3. The molecule has 1 atom stereocenters. The first kappa shape index (κ1) is 15.1. The molecule has 0 saturated heterocycles. The second kappa shape index (κ2) is 6.00. The van der Waals surface area contributed by atoms with Crippen LogP contribution in [0, 0.1) is 5.92 Å². The van der Waals surface area contributed by atoms with Gasteiger partial charge in [0.15, 0.2) is 0 Å². The predicted octanol–water partition coefficient (Wildman–Crippen LogP) is -0.476. The molecule has 0 radical (unpaired) electrons. The summed E-state index contributed by atoms with van der Waals surface area (Å²) in [5.41, 5.74) is -1.22. The Morgan fingerprint density at radius 2 is 1.87 bits per heavy atom. The number of halogens is 1. The minimum absolute atomic E-state index is 0.119. The van der Waals surface area contributed by atoms with Gasteiger partial charge in [-0.05, 0) is 12.8 Å². The number of hydrogen-bond acceptors (Lipinski definition) is 4. The van der Waals surface area contributed by atoms with Gasteiger partial charge in [-0.1, -0.05) is 6.92 Å². The summed E-state index contributed by atoms with van der Waals surface area (Å²) < 4.78 is 25.3. The van der Waals surface area contributed by atoms with E-state index in [0.717, 1.165) is 0 Å². The highest BCUT2D eigenvalue weighted by atomic mass is 35.5. The molecule has 0 aliphatic heterocycles. The minimum atomic E-state index is -3.53. The molecule has 0 aromatic heterocycles. The highest BCUT2D eigenvalue weighted by Crippen LogP contribution is 2.07. The van der Waals surface area contributed by atoms with Gasteiger partial charge < -0.3 is 10.2 Å². The van der Waals surface area contributed by atoms with E-state index in [2.05, 4.69) is 4.72 Å². The zero-order chi connectivity index (χ0) is 12.1. The van der Waals surface area contributed by atoms with Gasteiger partial charge >= 0.3 is 0 Å². The lowest BCUT2D eigenvalue weighted by atomic mass is 10.1. The minimum Gasteiger partial charge on any atom is -0.394 e. The van der Waals surface area contributed by atoms with Crippen molar-refractivity contribution >= 4 is 21.6 Å². The van der Waals surface area contributed by atoms with Crippen LogP contribution in [0.5, 0.6) is 0 Å². The van der Waals surface area contributed by atoms with Crippen molar-refractivity contribution in [2.45, 2.75) is 19.4 Å². The SMILES string of the molecule is CC(CCl)CS(=O)(=O)NC(C)(CO)CO. The molecule has 0 aliphatic rings. The maximum absolute atomic E-state index is 11.5. The monoisotopic (exact) mass is 259 g/mol. The molecular formula is C8H18ClNO4S. The number of sulfonamides is 1.